The largest absolute Gasteiger partial charge is 0.355 e. The second kappa shape index (κ2) is 10.2. The van der Waals surface area contributed by atoms with Gasteiger partial charge in [0.2, 0.25) is 11.8 Å². The summed E-state index contributed by atoms with van der Waals surface area (Å²) in [5.74, 6) is -0.578. The van der Waals surface area contributed by atoms with Crippen LogP contribution in [0.15, 0.2) is 84.9 Å². The lowest BCUT2D eigenvalue weighted by Crippen LogP contribution is -2.48. The van der Waals surface area contributed by atoms with Crippen molar-refractivity contribution in [2.45, 2.75) is 31.8 Å². The van der Waals surface area contributed by atoms with E-state index in [9.17, 15) is 14.0 Å². The maximum Gasteiger partial charge on any atom is 0.225 e. The van der Waals surface area contributed by atoms with Gasteiger partial charge in [-0.05, 0) is 41.7 Å². The Morgan fingerprint density at radius 2 is 1.56 bits per heavy atom. The van der Waals surface area contributed by atoms with Crippen molar-refractivity contribution in [3.63, 3.8) is 0 Å². The summed E-state index contributed by atoms with van der Waals surface area (Å²) in [7, 11) is 0. The molecule has 5 heteroatoms. The van der Waals surface area contributed by atoms with Gasteiger partial charge in [-0.1, -0.05) is 72.8 Å². The molecule has 0 saturated carbocycles. The lowest BCUT2D eigenvalue weighted by atomic mass is 9.83. The quantitative estimate of drug-likeness (QED) is 0.593. The van der Waals surface area contributed by atoms with Crippen molar-refractivity contribution >= 4 is 11.8 Å². The Balaban J connectivity index is 1.51. The first kappa shape index (κ1) is 21.8. The van der Waals surface area contributed by atoms with Gasteiger partial charge in [-0.3, -0.25) is 9.59 Å². The standard InChI is InChI=1S/C27H27FN2O2/c28-23-13-11-20(12-14-23)17-18-29-27(32)24-15-16-25(31)30(19-21-7-3-1-4-8-21)26(24)22-9-5-2-6-10-22/h1-14,24,26H,15-19H2,(H,29,32)/t24-,26+/m1/s1. The number of nitrogens with one attached hydrogen (secondary N) is 1. The lowest BCUT2D eigenvalue weighted by molar-refractivity contribution is -0.144. The molecule has 0 spiro atoms. The fourth-order valence-electron chi connectivity index (χ4n) is 4.37. The molecule has 164 valence electrons. The molecular weight excluding hydrogens is 403 g/mol. The number of piperidine rings is 1. The van der Waals surface area contributed by atoms with Crippen LogP contribution in [0.4, 0.5) is 4.39 Å². The Morgan fingerprint density at radius 1 is 0.906 bits per heavy atom. The first-order chi connectivity index (χ1) is 15.6. The number of benzene rings is 3. The summed E-state index contributed by atoms with van der Waals surface area (Å²) in [6.45, 7) is 0.938. The molecule has 4 rings (SSSR count). The van der Waals surface area contributed by atoms with Gasteiger partial charge in [-0.15, -0.1) is 0 Å². The molecule has 0 aliphatic carbocycles. The van der Waals surface area contributed by atoms with Crippen LogP contribution in [0.2, 0.25) is 0 Å². The molecule has 4 nitrogen and oxygen atoms in total. The van der Waals surface area contributed by atoms with Crippen molar-refractivity contribution in [2.24, 2.45) is 5.92 Å². The molecule has 0 unspecified atom stereocenters. The van der Waals surface area contributed by atoms with Crippen LogP contribution in [-0.2, 0) is 22.6 Å². The fraction of sp³-hybridized carbons (Fsp3) is 0.259. The molecule has 0 aromatic heterocycles. The van der Waals surface area contributed by atoms with Crippen molar-refractivity contribution < 1.29 is 14.0 Å². The number of rotatable bonds is 7. The van der Waals surface area contributed by atoms with Crippen LogP contribution < -0.4 is 5.32 Å². The minimum Gasteiger partial charge on any atom is -0.355 e. The van der Waals surface area contributed by atoms with Crippen molar-refractivity contribution in [3.05, 3.63) is 107 Å². The Morgan fingerprint density at radius 3 is 2.25 bits per heavy atom. The highest BCUT2D eigenvalue weighted by Gasteiger charge is 2.40. The minimum absolute atomic E-state index is 0.0495. The SMILES string of the molecule is O=C(NCCc1ccc(F)cc1)[C@@H]1CCC(=O)N(Cc2ccccc2)[C@H]1c1ccccc1. The molecule has 1 heterocycles. The van der Waals surface area contributed by atoms with Gasteiger partial charge in [0, 0.05) is 19.5 Å². The molecule has 0 radical (unpaired) electrons. The highest BCUT2D eigenvalue weighted by Crippen LogP contribution is 2.38. The fourth-order valence-corrected chi connectivity index (χ4v) is 4.37. The summed E-state index contributed by atoms with van der Waals surface area (Å²) >= 11 is 0. The van der Waals surface area contributed by atoms with E-state index in [4.69, 9.17) is 0 Å². The molecular formula is C27H27FN2O2. The average molecular weight is 431 g/mol. The van der Waals surface area contributed by atoms with Crippen molar-refractivity contribution in [1.82, 2.24) is 10.2 Å². The highest BCUT2D eigenvalue weighted by molar-refractivity contribution is 5.85. The Labute approximate surface area is 188 Å². The number of amides is 2. The van der Waals surface area contributed by atoms with E-state index in [0.29, 0.717) is 32.4 Å². The van der Waals surface area contributed by atoms with Gasteiger partial charge in [0.05, 0.1) is 12.0 Å². The summed E-state index contributed by atoms with van der Waals surface area (Å²) < 4.78 is 13.1. The summed E-state index contributed by atoms with van der Waals surface area (Å²) in [6.07, 6.45) is 1.50. The number of hydrogen-bond acceptors (Lipinski definition) is 2. The molecule has 1 fully saturated rings. The van der Waals surface area contributed by atoms with Crippen LogP contribution in [0.3, 0.4) is 0 Å². The van der Waals surface area contributed by atoms with Crippen molar-refractivity contribution in [1.29, 1.82) is 0 Å². The molecule has 3 aromatic carbocycles. The van der Waals surface area contributed by atoms with E-state index in [2.05, 4.69) is 5.32 Å². The third-order valence-electron chi connectivity index (χ3n) is 6.01. The summed E-state index contributed by atoms with van der Waals surface area (Å²) in [5, 5.41) is 3.04. The normalized spacial score (nSPS) is 18.4. The molecule has 32 heavy (non-hydrogen) atoms. The second-order valence-electron chi connectivity index (χ2n) is 8.18. The zero-order valence-electron chi connectivity index (χ0n) is 17.9. The van der Waals surface area contributed by atoms with Gasteiger partial charge in [0.1, 0.15) is 5.82 Å². The van der Waals surface area contributed by atoms with E-state index in [-0.39, 0.29) is 29.6 Å². The first-order valence-corrected chi connectivity index (χ1v) is 11.0. The van der Waals surface area contributed by atoms with Crippen molar-refractivity contribution in [2.75, 3.05) is 6.54 Å². The number of hydrogen-bond donors (Lipinski definition) is 1. The summed E-state index contributed by atoms with van der Waals surface area (Å²) in [5.41, 5.74) is 2.98. The predicted molar refractivity (Wildman–Crippen MR) is 122 cm³/mol. The molecule has 3 aromatic rings. The highest BCUT2D eigenvalue weighted by atomic mass is 19.1. The number of carbonyl (C=O) groups excluding carboxylic acids is 2. The molecule has 1 saturated heterocycles. The van der Waals surface area contributed by atoms with E-state index < -0.39 is 0 Å². The van der Waals surface area contributed by atoms with Crippen LogP contribution in [-0.4, -0.2) is 23.3 Å². The van der Waals surface area contributed by atoms with Crippen LogP contribution in [0.1, 0.15) is 35.6 Å². The van der Waals surface area contributed by atoms with E-state index in [1.165, 1.54) is 12.1 Å². The Kier molecular flexibility index (Phi) is 6.95. The second-order valence-corrected chi connectivity index (χ2v) is 8.18. The van der Waals surface area contributed by atoms with Crippen LogP contribution in [0, 0.1) is 11.7 Å². The summed E-state index contributed by atoms with van der Waals surface area (Å²) in [4.78, 5) is 28.0. The van der Waals surface area contributed by atoms with Gasteiger partial charge in [0.15, 0.2) is 0 Å². The summed E-state index contributed by atoms with van der Waals surface area (Å²) in [6, 6.07) is 25.7. The van der Waals surface area contributed by atoms with Gasteiger partial charge in [-0.25, -0.2) is 4.39 Å². The van der Waals surface area contributed by atoms with Gasteiger partial charge in [0.25, 0.3) is 0 Å². The maximum absolute atomic E-state index is 13.2. The number of halogens is 1. The molecule has 2 atom stereocenters. The van der Waals surface area contributed by atoms with E-state index in [1.807, 2.05) is 65.6 Å². The predicted octanol–water partition coefficient (Wildman–Crippen LogP) is 4.66. The zero-order chi connectivity index (χ0) is 22.3. The van der Waals surface area contributed by atoms with Gasteiger partial charge >= 0.3 is 0 Å². The molecule has 1 aliphatic heterocycles. The molecule has 2 amide bonds. The smallest absolute Gasteiger partial charge is 0.225 e. The monoisotopic (exact) mass is 430 g/mol. The Bertz CT molecular complexity index is 1040. The number of carbonyl (C=O) groups is 2. The number of nitrogens with zero attached hydrogens (tertiary/aromatic N) is 1. The van der Waals surface area contributed by atoms with Gasteiger partial charge < -0.3 is 10.2 Å². The molecule has 1 aliphatic rings. The van der Waals surface area contributed by atoms with E-state index in [0.717, 1.165) is 16.7 Å². The minimum atomic E-state index is -0.327. The topological polar surface area (TPSA) is 49.4 Å². The van der Waals surface area contributed by atoms with Crippen LogP contribution in [0.5, 0.6) is 0 Å². The average Bonchev–Trinajstić information content (AvgIpc) is 2.82. The third kappa shape index (κ3) is 5.22. The number of likely N-dealkylation sites (tertiary alicyclic amines) is 1. The van der Waals surface area contributed by atoms with Crippen LogP contribution >= 0.6 is 0 Å². The zero-order valence-corrected chi connectivity index (χ0v) is 17.9. The third-order valence-corrected chi connectivity index (χ3v) is 6.01. The first-order valence-electron chi connectivity index (χ1n) is 11.0. The van der Waals surface area contributed by atoms with Crippen LogP contribution in [0.25, 0.3) is 0 Å². The molecule has 0 bridgehead atoms. The van der Waals surface area contributed by atoms with E-state index in [1.54, 1.807) is 12.1 Å². The Hall–Kier alpha value is -3.47. The molecule has 1 N–H and O–H groups in total. The lowest BCUT2D eigenvalue weighted by Gasteiger charge is -2.41. The van der Waals surface area contributed by atoms with Gasteiger partial charge in [-0.2, -0.15) is 0 Å². The van der Waals surface area contributed by atoms with E-state index >= 15 is 0 Å². The van der Waals surface area contributed by atoms with Crippen molar-refractivity contribution in [3.8, 4) is 0 Å². The maximum atomic E-state index is 13.2.